The molecule has 0 atom stereocenters. The highest BCUT2D eigenvalue weighted by molar-refractivity contribution is 7.89. The van der Waals surface area contributed by atoms with E-state index in [1.165, 1.54) is 15.4 Å². The Bertz CT molecular complexity index is 1060. The van der Waals surface area contributed by atoms with Crippen LogP contribution in [0.1, 0.15) is 23.1 Å². The average molecular weight is 427 g/mol. The quantitative estimate of drug-likeness (QED) is 0.705. The van der Waals surface area contributed by atoms with Gasteiger partial charge in [0, 0.05) is 31.4 Å². The van der Waals surface area contributed by atoms with Crippen molar-refractivity contribution in [2.45, 2.75) is 24.7 Å². The highest BCUT2D eigenvalue weighted by Gasteiger charge is 2.26. The van der Waals surface area contributed by atoms with Crippen molar-refractivity contribution in [3.8, 4) is 0 Å². The van der Waals surface area contributed by atoms with E-state index in [0.717, 1.165) is 24.1 Å². The Kier molecular flexibility index (Phi) is 6.04. The average Bonchev–Trinajstić information content (AvgIpc) is 2.77. The van der Waals surface area contributed by atoms with Crippen molar-refractivity contribution in [1.29, 1.82) is 0 Å². The molecule has 2 aliphatic heterocycles. The number of aryl methyl sites for hydroxylation is 2. The van der Waals surface area contributed by atoms with Gasteiger partial charge in [-0.15, -0.1) is 0 Å². The zero-order valence-corrected chi connectivity index (χ0v) is 17.9. The number of ether oxygens (including phenoxy) is 1. The Hall–Kier alpha value is -2.48. The lowest BCUT2D eigenvalue weighted by Crippen LogP contribution is -2.40. The number of sulfonamides is 1. The monoisotopic (exact) mass is 426 g/mol. The fourth-order valence-corrected chi connectivity index (χ4v) is 5.31. The summed E-state index contributed by atoms with van der Waals surface area (Å²) in [4.78, 5) is 14.8. The molecule has 2 aromatic carbocycles. The molecule has 6 nitrogen and oxygen atoms in total. The van der Waals surface area contributed by atoms with Gasteiger partial charge >= 0.3 is 0 Å². The molecule has 158 valence electrons. The van der Waals surface area contributed by atoms with Gasteiger partial charge in [-0.1, -0.05) is 29.8 Å². The lowest BCUT2D eigenvalue weighted by Gasteiger charge is -2.29. The Labute approximate surface area is 177 Å². The van der Waals surface area contributed by atoms with Gasteiger partial charge in [0.25, 0.3) is 5.91 Å². The van der Waals surface area contributed by atoms with Gasteiger partial charge in [0.15, 0.2) is 0 Å². The van der Waals surface area contributed by atoms with Crippen molar-refractivity contribution >= 4 is 27.7 Å². The van der Waals surface area contributed by atoms with Crippen LogP contribution in [0.2, 0.25) is 0 Å². The number of anilines is 1. The molecule has 0 N–H and O–H groups in total. The summed E-state index contributed by atoms with van der Waals surface area (Å²) in [6.07, 6.45) is 5.23. The van der Waals surface area contributed by atoms with Crippen LogP contribution in [0.4, 0.5) is 5.69 Å². The first-order valence-electron chi connectivity index (χ1n) is 10.2. The number of nitrogens with zero attached hydrogens (tertiary/aromatic N) is 2. The SMILES string of the molecule is Cc1ccc2c(c1)CCCN2C(=O)/C=C/c1ccc(S(=O)(=O)N2CCOCC2)cc1. The third-order valence-corrected chi connectivity index (χ3v) is 7.44. The summed E-state index contributed by atoms with van der Waals surface area (Å²) in [6.45, 7) is 4.34. The summed E-state index contributed by atoms with van der Waals surface area (Å²) in [5.41, 5.74) is 4.17. The topological polar surface area (TPSA) is 66.9 Å². The Morgan fingerprint density at radius 2 is 1.77 bits per heavy atom. The van der Waals surface area contributed by atoms with E-state index >= 15 is 0 Å². The molecule has 0 saturated carbocycles. The van der Waals surface area contributed by atoms with Crippen LogP contribution in [0.3, 0.4) is 0 Å². The van der Waals surface area contributed by atoms with Crippen LogP contribution in [0.15, 0.2) is 53.4 Å². The molecule has 0 unspecified atom stereocenters. The maximum absolute atomic E-state index is 12.8. The fourth-order valence-electron chi connectivity index (χ4n) is 3.90. The van der Waals surface area contributed by atoms with E-state index < -0.39 is 10.0 Å². The van der Waals surface area contributed by atoms with Crippen molar-refractivity contribution in [3.05, 3.63) is 65.2 Å². The van der Waals surface area contributed by atoms with Crippen molar-refractivity contribution < 1.29 is 17.9 Å². The second-order valence-electron chi connectivity index (χ2n) is 7.64. The molecule has 7 heteroatoms. The molecule has 2 aromatic rings. The van der Waals surface area contributed by atoms with Crippen LogP contribution >= 0.6 is 0 Å². The molecule has 30 heavy (non-hydrogen) atoms. The summed E-state index contributed by atoms with van der Waals surface area (Å²) in [6, 6.07) is 12.8. The second kappa shape index (κ2) is 8.71. The molecule has 0 spiro atoms. The molecular formula is C23H26N2O4S. The number of rotatable bonds is 4. The minimum Gasteiger partial charge on any atom is -0.379 e. The number of carbonyl (C=O) groups excluding carboxylic acids is 1. The predicted molar refractivity (Wildman–Crippen MR) is 117 cm³/mol. The highest BCUT2D eigenvalue weighted by atomic mass is 32.2. The molecule has 2 aliphatic rings. The molecule has 0 radical (unpaired) electrons. The van der Waals surface area contributed by atoms with Gasteiger partial charge in [-0.3, -0.25) is 4.79 Å². The number of fused-ring (bicyclic) bond motifs is 1. The van der Waals surface area contributed by atoms with Crippen LogP contribution in [-0.4, -0.2) is 51.5 Å². The largest absolute Gasteiger partial charge is 0.379 e. The molecule has 2 heterocycles. The molecular weight excluding hydrogens is 400 g/mol. The summed E-state index contributed by atoms with van der Waals surface area (Å²) < 4.78 is 32.1. The van der Waals surface area contributed by atoms with Gasteiger partial charge in [0.2, 0.25) is 10.0 Å². The molecule has 1 amide bonds. The standard InChI is InChI=1S/C23H26N2O4S/c1-18-4-10-22-20(17-18)3-2-12-25(22)23(26)11-7-19-5-8-21(9-6-19)30(27,28)24-13-15-29-16-14-24/h4-11,17H,2-3,12-16H2,1H3/b11-7+. The maximum Gasteiger partial charge on any atom is 0.250 e. The fraction of sp³-hybridized carbons (Fsp3) is 0.348. The van der Waals surface area contributed by atoms with E-state index in [1.807, 2.05) is 17.0 Å². The summed E-state index contributed by atoms with van der Waals surface area (Å²) in [5, 5.41) is 0. The van der Waals surface area contributed by atoms with Gasteiger partial charge in [-0.05, 0) is 55.2 Å². The number of amides is 1. The van der Waals surface area contributed by atoms with Gasteiger partial charge in [0.1, 0.15) is 0 Å². The third kappa shape index (κ3) is 4.33. The lowest BCUT2D eigenvalue weighted by atomic mass is 9.99. The normalized spacial score (nSPS) is 17.8. The lowest BCUT2D eigenvalue weighted by molar-refractivity contribution is -0.114. The third-order valence-electron chi connectivity index (χ3n) is 5.53. The Balaban J connectivity index is 1.47. The Morgan fingerprint density at radius 1 is 1.03 bits per heavy atom. The van der Waals surface area contributed by atoms with Crippen LogP contribution in [-0.2, 0) is 26.0 Å². The Morgan fingerprint density at radius 3 is 2.50 bits per heavy atom. The minimum absolute atomic E-state index is 0.0650. The van der Waals surface area contributed by atoms with E-state index in [-0.39, 0.29) is 10.8 Å². The van der Waals surface area contributed by atoms with Crippen LogP contribution in [0.25, 0.3) is 6.08 Å². The summed E-state index contributed by atoms with van der Waals surface area (Å²) in [7, 11) is -3.51. The molecule has 1 saturated heterocycles. The number of hydrogen-bond donors (Lipinski definition) is 0. The predicted octanol–water partition coefficient (Wildman–Crippen LogP) is 3.01. The summed E-state index contributed by atoms with van der Waals surface area (Å²) >= 11 is 0. The zero-order valence-electron chi connectivity index (χ0n) is 17.1. The van der Waals surface area contributed by atoms with Gasteiger partial charge in [-0.2, -0.15) is 4.31 Å². The smallest absolute Gasteiger partial charge is 0.250 e. The van der Waals surface area contributed by atoms with E-state index in [4.69, 9.17) is 4.74 Å². The van der Waals surface area contributed by atoms with Crippen molar-refractivity contribution in [2.75, 3.05) is 37.7 Å². The van der Waals surface area contributed by atoms with E-state index in [1.54, 1.807) is 36.4 Å². The van der Waals surface area contributed by atoms with E-state index in [2.05, 4.69) is 13.0 Å². The van der Waals surface area contributed by atoms with Gasteiger partial charge in [-0.25, -0.2) is 8.42 Å². The van der Waals surface area contributed by atoms with Gasteiger partial charge < -0.3 is 9.64 Å². The van der Waals surface area contributed by atoms with Crippen molar-refractivity contribution in [2.24, 2.45) is 0 Å². The number of carbonyl (C=O) groups is 1. The summed E-state index contributed by atoms with van der Waals surface area (Å²) in [5.74, 6) is -0.0650. The number of benzene rings is 2. The maximum atomic E-state index is 12.8. The van der Waals surface area contributed by atoms with Crippen molar-refractivity contribution in [1.82, 2.24) is 4.31 Å². The van der Waals surface area contributed by atoms with E-state index in [9.17, 15) is 13.2 Å². The number of morpholine rings is 1. The highest BCUT2D eigenvalue weighted by Crippen LogP contribution is 2.28. The molecule has 0 aromatic heterocycles. The first kappa shape index (κ1) is 20.8. The van der Waals surface area contributed by atoms with Crippen LogP contribution < -0.4 is 4.90 Å². The van der Waals surface area contributed by atoms with Crippen LogP contribution in [0, 0.1) is 6.92 Å². The molecule has 0 aliphatic carbocycles. The second-order valence-corrected chi connectivity index (χ2v) is 9.58. The van der Waals surface area contributed by atoms with Gasteiger partial charge in [0.05, 0.1) is 18.1 Å². The molecule has 0 bridgehead atoms. The first-order chi connectivity index (χ1) is 14.4. The van der Waals surface area contributed by atoms with E-state index in [0.29, 0.717) is 32.8 Å². The first-order valence-corrected chi connectivity index (χ1v) is 11.7. The molecule has 4 rings (SSSR count). The van der Waals surface area contributed by atoms with Crippen LogP contribution in [0.5, 0.6) is 0 Å². The zero-order chi connectivity index (χ0) is 21.1. The minimum atomic E-state index is -3.51. The number of hydrogen-bond acceptors (Lipinski definition) is 4. The molecule has 1 fully saturated rings. The van der Waals surface area contributed by atoms with Crippen molar-refractivity contribution in [3.63, 3.8) is 0 Å².